The number of nitrogens with two attached hydrogens (primary N) is 1. The van der Waals surface area contributed by atoms with Crippen LogP contribution in [0.3, 0.4) is 0 Å². The molecule has 12 nitrogen and oxygen atoms in total. The van der Waals surface area contributed by atoms with Crippen LogP contribution in [0.1, 0.15) is 65.1 Å². The highest BCUT2D eigenvalue weighted by molar-refractivity contribution is 5.96. The predicted octanol–water partition coefficient (Wildman–Crippen LogP) is 2.68. The van der Waals surface area contributed by atoms with Gasteiger partial charge < -0.3 is 30.4 Å². The number of carbonyl (C=O) groups excluding carboxylic acids is 2. The van der Waals surface area contributed by atoms with E-state index < -0.39 is 28.8 Å². The van der Waals surface area contributed by atoms with Crippen LogP contribution in [0.15, 0.2) is 30.5 Å². The maximum atomic E-state index is 13.9. The Labute approximate surface area is 228 Å². The maximum absolute atomic E-state index is 13.9. The Morgan fingerprint density at radius 3 is 2.48 bits per heavy atom. The number of fused-ring (bicyclic) bond motifs is 5. The third kappa shape index (κ3) is 5.04. The van der Waals surface area contributed by atoms with Crippen LogP contribution < -0.4 is 20.5 Å². The Morgan fingerprint density at radius 2 is 1.82 bits per heavy atom. The molecule has 1 amide bonds. The molecule has 212 valence electrons. The van der Waals surface area contributed by atoms with Gasteiger partial charge in [0.15, 0.2) is 28.7 Å². The van der Waals surface area contributed by atoms with Gasteiger partial charge in [-0.15, -0.1) is 0 Å². The van der Waals surface area contributed by atoms with Crippen molar-refractivity contribution in [2.45, 2.75) is 45.1 Å². The van der Waals surface area contributed by atoms with E-state index in [0.29, 0.717) is 19.9 Å². The molecule has 0 saturated heterocycles. The second-order valence-corrected chi connectivity index (χ2v) is 10.4. The molecule has 1 aliphatic heterocycles. The average molecular weight is 556 g/mol. The maximum Gasteiger partial charge on any atom is 0.354 e. The van der Waals surface area contributed by atoms with Crippen LogP contribution in [0, 0.1) is 16.6 Å². The Balaban J connectivity index is 0.000000244. The van der Waals surface area contributed by atoms with E-state index in [-0.39, 0.29) is 22.7 Å². The lowest BCUT2D eigenvalue weighted by molar-refractivity contribution is -0.162. The summed E-state index contributed by atoms with van der Waals surface area (Å²) < 4.78 is 30.1. The van der Waals surface area contributed by atoms with Gasteiger partial charge in [-0.2, -0.15) is 5.10 Å². The van der Waals surface area contributed by atoms with Crippen LogP contribution in [0.4, 0.5) is 4.39 Å². The van der Waals surface area contributed by atoms with Crippen molar-refractivity contribution in [2.24, 2.45) is 16.6 Å². The largest absolute Gasteiger partial charge is 0.477 e. The van der Waals surface area contributed by atoms with Crippen molar-refractivity contribution in [1.82, 2.24) is 19.9 Å². The lowest BCUT2D eigenvalue weighted by Gasteiger charge is -2.51. The zero-order valence-corrected chi connectivity index (χ0v) is 21.9. The molecule has 3 aliphatic carbocycles. The second-order valence-electron chi connectivity index (χ2n) is 10.4. The number of carbonyl (C=O) groups is 3. The normalized spacial score (nSPS) is 22.4. The number of benzene rings is 1. The summed E-state index contributed by atoms with van der Waals surface area (Å²) in [6.07, 6.45) is 5.45. The lowest BCUT2D eigenvalue weighted by Crippen LogP contribution is -2.50. The first-order valence-corrected chi connectivity index (χ1v) is 12.9. The van der Waals surface area contributed by atoms with Crippen LogP contribution >= 0.6 is 0 Å². The zero-order chi connectivity index (χ0) is 28.5. The Kier molecular flexibility index (Phi) is 7.32. The smallest absolute Gasteiger partial charge is 0.354 e. The van der Waals surface area contributed by atoms with E-state index >= 15 is 0 Å². The topological polar surface area (TPSA) is 167 Å². The van der Waals surface area contributed by atoms with Gasteiger partial charge >= 0.3 is 11.9 Å². The molecule has 7 rings (SSSR count). The van der Waals surface area contributed by atoms with Crippen LogP contribution in [0.2, 0.25) is 0 Å². The third-order valence-corrected chi connectivity index (χ3v) is 8.20. The van der Waals surface area contributed by atoms with Crippen LogP contribution in [0.5, 0.6) is 11.5 Å². The van der Waals surface area contributed by atoms with E-state index in [1.807, 2.05) is 18.2 Å². The van der Waals surface area contributed by atoms with Gasteiger partial charge in [0.05, 0.1) is 18.7 Å². The second kappa shape index (κ2) is 10.7. The van der Waals surface area contributed by atoms with Gasteiger partial charge in [-0.25, -0.2) is 18.7 Å². The highest BCUT2D eigenvalue weighted by atomic mass is 19.1. The summed E-state index contributed by atoms with van der Waals surface area (Å²) in [6, 6.07) is 6.80. The minimum Gasteiger partial charge on any atom is -0.477 e. The van der Waals surface area contributed by atoms with Gasteiger partial charge in [0.2, 0.25) is 6.79 Å². The van der Waals surface area contributed by atoms with Gasteiger partial charge in [-0.3, -0.25) is 9.59 Å². The summed E-state index contributed by atoms with van der Waals surface area (Å²) in [5, 5.41) is 15.8. The third-order valence-electron chi connectivity index (χ3n) is 8.20. The zero-order valence-electron chi connectivity index (χ0n) is 21.9. The number of rotatable bonds is 6. The molecule has 3 aromatic rings. The predicted molar refractivity (Wildman–Crippen MR) is 137 cm³/mol. The van der Waals surface area contributed by atoms with Crippen LogP contribution in [-0.4, -0.2) is 58.0 Å². The minimum absolute atomic E-state index is 0.0942. The average Bonchev–Trinajstić information content (AvgIpc) is 3.62. The van der Waals surface area contributed by atoms with Crippen molar-refractivity contribution in [3.8, 4) is 11.5 Å². The highest BCUT2D eigenvalue weighted by Crippen LogP contribution is 2.57. The molecule has 13 heteroatoms. The fraction of sp³-hybridized carbons (Fsp3) is 0.444. The number of esters is 1. The molecule has 0 radical (unpaired) electrons. The fourth-order valence-corrected chi connectivity index (χ4v) is 5.68. The van der Waals surface area contributed by atoms with Gasteiger partial charge in [0, 0.05) is 19.2 Å². The number of aromatic nitrogens is 3. The first kappa shape index (κ1) is 27.3. The van der Waals surface area contributed by atoms with Gasteiger partial charge in [-0.1, -0.05) is 6.07 Å². The minimum atomic E-state index is -1.36. The van der Waals surface area contributed by atoms with Crippen molar-refractivity contribution < 1.29 is 38.1 Å². The molecular formula is C27H30FN5O7. The molecular weight excluding hydrogens is 525 g/mol. The highest BCUT2D eigenvalue weighted by Gasteiger charge is 2.53. The molecule has 40 heavy (non-hydrogen) atoms. The van der Waals surface area contributed by atoms with E-state index in [1.165, 1.54) is 7.11 Å². The molecule has 4 aliphatic rings. The Hall–Kier alpha value is -4.26. The number of hydrogen-bond acceptors (Lipinski definition) is 9. The standard InChI is InChI=1S/C19H21FN4O5.C8H9NO2/c1-29-17(28)19-5-2-18(3-6-19,4-7-19)10-21-15(25)13-8-12(16(26)27)23-14-11(20)9-22-24(13)14;9-4-6-1-2-7-8(3-6)11-5-10-7/h8-9H,2-7,10H2,1H3,(H,21,25)(H,26,27);1-3H,4-5,9H2. The van der Waals surface area contributed by atoms with E-state index in [0.717, 1.165) is 72.4 Å². The molecule has 0 unspecified atom stereocenters. The number of methoxy groups -OCH3 is 1. The first-order chi connectivity index (χ1) is 19.2. The Bertz CT molecular complexity index is 1450. The van der Waals surface area contributed by atoms with Crippen molar-refractivity contribution >= 4 is 23.5 Å². The van der Waals surface area contributed by atoms with Crippen molar-refractivity contribution in [2.75, 3.05) is 20.4 Å². The van der Waals surface area contributed by atoms with Gasteiger partial charge in [0.1, 0.15) is 5.69 Å². The van der Waals surface area contributed by atoms with Crippen molar-refractivity contribution in [1.29, 1.82) is 0 Å². The molecule has 3 heterocycles. The SMILES string of the molecule is COC(=O)C12CCC(CNC(=O)c3cc(C(=O)O)nc4c(F)cnn34)(CC1)CC2.NCc1ccc2c(c1)OCO2. The number of amides is 1. The van der Waals surface area contributed by atoms with Gasteiger partial charge in [-0.05, 0) is 61.6 Å². The molecule has 2 bridgehead atoms. The number of carboxylic acid groups (broad SMARTS) is 1. The molecule has 1 aromatic carbocycles. The van der Waals surface area contributed by atoms with E-state index in [1.54, 1.807) is 0 Å². The molecule has 3 saturated carbocycles. The quantitative estimate of drug-likeness (QED) is 0.385. The molecule has 0 atom stereocenters. The molecule has 3 fully saturated rings. The number of ether oxygens (including phenoxy) is 3. The lowest BCUT2D eigenvalue weighted by atomic mass is 9.53. The van der Waals surface area contributed by atoms with Crippen molar-refractivity contribution in [3.05, 3.63) is 53.2 Å². The summed E-state index contributed by atoms with van der Waals surface area (Å²) in [4.78, 5) is 39.9. The molecule has 4 N–H and O–H groups in total. The van der Waals surface area contributed by atoms with Gasteiger partial charge in [0.25, 0.3) is 5.91 Å². The monoisotopic (exact) mass is 555 g/mol. The van der Waals surface area contributed by atoms with Crippen LogP contribution in [0.25, 0.3) is 5.65 Å². The number of halogens is 1. The summed E-state index contributed by atoms with van der Waals surface area (Å²) in [5.74, 6) is -1.27. The molecule has 0 spiro atoms. The molecule has 2 aromatic heterocycles. The number of nitrogens with one attached hydrogen (secondary N) is 1. The first-order valence-electron chi connectivity index (χ1n) is 12.9. The number of nitrogens with zero attached hydrogens (tertiary/aromatic N) is 3. The van der Waals surface area contributed by atoms with E-state index in [9.17, 15) is 23.9 Å². The fourth-order valence-electron chi connectivity index (χ4n) is 5.68. The van der Waals surface area contributed by atoms with E-state index in [4.69, 9.17) is 19.9 Å². The Morgan fingerprint density at radius 1 is 1.12 bits per heavy atom. The summed E-state index contributed by atoms with van der Waals surface area (Å²) in [5.41, 5.74) is 5.16. The van der Waals surface area contributed by atoms with E-state index in [2.05, 4.69) is 15.4 Å². The number of carboxylic acids is 1. The summed E-state index contributed by atoms with van der Waals surface area (Å²) in [6.45, 7) is 1.25. The number of aromatic carboxylic acids is 1. The summed E-state index contributed by atoms with van der Waals surface area (Å²) in [7, 11) is 1.41. The summed E-state index contributed by atoms with van der Waals surface area (Å²) >= 11 is 0. The van der Waals surface area contributed by atoms with Crippen LogP contribution in [-0.2, 0) is 16.1 Å². The van der Waals surface area contributed by atoms with Crippen molar-refractivity contribution in [3.63, 3.8) is 0 Å². The number of hydrogen-bond donors (Lipinski definition) is 3.